The fraction of sp³-hybridized carbons (Fsp3) is 0.333. The second-order valence-corrected chi connectivity index (χ2v) is 6.28. The highest BCUT2D eigenvalue weighted by Crippen LogP contribution is 2.30. The van der Waals surface area contributed by atoms with Crippen LogP contribution in [0.15, 0.2) is 24.3 Å². The zero-order chi connectivity index (χ0) is 14.7. The quantitative estimate of drug-likeness (QED) is 0.915. The van der Waals surface area contributed by atoms with E-state index in [1.807, 2.05) is 20.8 Å². The van der Waals surface area contributed by atoms with Crippen LogP contribution in [0.3, 0.4) is 0 Å². The van der Waals surface area contributed by atoms with Crippen molar-refractivity contribution in [3.05, 3.63) is 35.0 Å². The van der Waals surface area contributed by atoms with Crippen molar-refractivity contribution in [3.63, 3.8) is 0 Å². The molecule has 0 spiro atoms. The molecule has 0 aliphatic carbocycles. The van der Waals surface area contributed by atoms with Crippen molar-refractivity contribution in [1.82, 2.24) is 4.98 Å². The van der Waals surface area contributed by atoms with Gasteiger partial charge in [-0.1, -0.05) is 13.8 Å². The van der Waals surface area contributed by atoms with Gasteiger partial charge in [-0.15, -0.1) is 11.3 Å². The Labute approximate surface area is 121 Å². The Morgan fingerprint density at radius 3 is 2.60 bits per heavy atom. The van der Waals surface area contributed by atoms with Crippen molar-refractivity contribution < 1.29 is 9.18 Å². The molecule has 1 aromatic carbocycles. The Balaban J connectivity index is 2.17. The summed E-state index contributed by atoms with van der Waals surface area (Å²) in [6, 6.07) is 6.20. The predicted octanol–water partition coefficient (Wildman–Crippen LogP) is 4.24. The number of carbonyl (C=O) groups excluding carboxylic acids is 1. The average molecular weight is 292 g/mol. The van der Waals surface area contributed by atoms with Gasteiger partial charge >= 0.3 is 0 Å². The summed E-state index contributed by atoms with van der Waals surface area (Å²) in [4.78, 5) is 17.1. The van der Waals surface area contributed by atoms with Gasteiger partial charge in [0.1, 0.15) is 5.82 Å². The number of carbonyl (C=O) groups is 1. The van der Waals surface area contributed by atoms with Crippen molar-refractivity contribution in [2.45, 2.75) is 27.2 Å². The largest absolute Gasteiger partial charge is 0.302 e. The summed E-state index contributed by atoms with van der Waals surface area (Å²) in [6.45, 7) is 5.93. The number of halogens is 1. The minimum Gasteiger partial charge on any atom is -0.302 e. The van der Waals surface area contributed by atoms with Crippen LogP contribution in [0.25, 0.3) is 11.3 Å². The average Bonchev–Trinajstić information content (AvgIpc) is 2.70. The standard InChI is InChI=1S/C15H17FN2OS/c1-9(2)8-13(19)17-15-18-14(10(3)20-15)11-4-6-12(16)7-5-11/h4-7,9H,8H2,1-3H3,(H,17,18,19). The van der Waals surface area contributed by atoms with E-state index in [9.17, 15) is 9.18 Å². The first-order valence-electron chi connectivity index (χ1n) is 6.49. The number of hydrogen-bond acceptors (Lipinski definition) is 3. The second-order valence-electron chi connectivity index (χ2n) is 5.08. The van der Waals surface area contributed by atoms with Gasteiger partial charge in [-0.05, 0) is 37.1 Å². The second kappa shape index (κ2) is 6.13. The summed E-state index contributed by atoms with van der Waals surface area (Å²) in [7, 11) is 0. The summed E-state index contributed by atoms with van der Waals surface area (Å²) in [6.07, 6.45) is 0.477. The highest BCUT2D eigenvalue weighted by molar-refractivity contribution is 7.16. The van der Waals surface area contributed by atoms with Crippen LogP contribution in [0.5, 0.6) is 0 Å². The minimum absolute atomic E-state index is 0.0283. The van der Waals surface area contributed by atoms with Gasteiger partial charge < -0.3 is 5.32 Å². The third kappa shape index (κ3) is 3.63. The first kappa shape index (κ1) is 14.7. The molecule has 20 heavy (non-hydrogen) atoms. The van der Waals surface area contributed by atoms with Crippen LogP contribution in [0.2, 0.25) is 0 Å². The van der Waals surface area contributed by atoms with E-state index in [1.54, 1.807) is 12.1 Å². The van der Waals surface area contributed by atoms with Crippen LogP contribution in [0, 0.1) is 18.7 Å². The number of thiazole rings is 1. The molecule has 1 amide bonds. The molecular weight excluding hydrogens is 275 g/mol. The Hall–Kier alpha value is -1.75. The lowest BCUT2D eigenvalue weighted by molar-refractivity contribution is -0.116. The molecule has 1 heterocycles. The lowest BCUT2D eigenvalue weighted by atomic mass is 10.1. The van der Waals surface area contributed by atoms with Crippen LogP contribution in [0.4, 0.5) is 9.52 Å². The van der Waals surface area contributed by atoms with E-state index in [1.165, 1.54) is 23.5 Å². The lowest BCUT2D eigenvalue weighted by Gasteiger charge is -2.03. The summed E-state index contributed by atoms with van der Waals surface area (Å²) >= 11 is 1.43. The molecule has 0 unspecified atom stereocenters. The number of benzene rings is 1. The molecule has 0 saturated heterocycles. The zero-order valence-electron chi connectivity index (χ0n) is 11.7. The number of nitrogens with one attached hydrogen (secondary N) is 1. The topological polar surface area (TPSA) is 42.0 Å². The molecule has 2 aromatic rings. The fourth-order valence-electron chi connectivity index (χ4n) is 1.87. The van der Waals surface area contributed by atoms with Crippen molar-refractivity contribution in [2.24, 2.45) is 5.92 Å². The molecule has 106 valence electrons. The molecule has 0 saturated carbocycles. The maximum absolute atomic E-state index is 12.9. The van der Waals surface area contributed by atoms with Gasteiger partial charge in [-0.25, -0.2) is 9.37 Å². The normalized spacial score (nSPS) is 10.8. The van der Waals surface area contributed by atoms with Crippen LogP contribution >= 0.6 is 11.3 Å². The maximum Gasteiger partial charge on any atom is 0.226 e. The fourth-order valence-corrected chi connectivity index (χ4v) is 2.72. The Morgan fingerprint density at radius 2 is 2.00 bits per heavy atom. The van der Waals surface area contributed by atoms with Gasteiger partial charge in [0, 0.05) is 16.9 Å². The maximum atomic E-state index is 12.9. The number of anilines is 1. The first-order valence-corrected chi connectivity index (χ1v) is 7.30. The van der Waals surface area contributed by atoms with Gasteiger partial charge in [-0.2, -0.15) is 0 Å². The molecule has 1 aromatic heterocycles. The van der Waals surface area contributed by atoms with Crippen LogP contribution < -0.4 is 5.32 Å². The van der Waals surface area contributed by atoms with E-state index in [0.29, 0.717) is 17.5 Å². The molecule has 0 bridgehead atoms. The van der Waals surface area contributed by atoms with Crippen LogP contribution in [0.1, 0.15) is 25.1 Å². The number of rotatable bonds is 4. The SMILES string of the molecule is Cc1sc(NC(=O)CC(C)C)nc1-c1ccc(F)cc1. The Morgan fingerprint density at radius 1 is 1.35 bits per heavy atom. The van der Waals surface area contributed by atoms with Crippen molar-refractivity contribution in [3.8, 4) is 11.3 Å². The number of hydrogen-bond donors (Lipinski definition) is 1. The molecule has 3 nitrogen and oxygen atoms in total. The van der Waals surface area contributed by atoms with Gasteiger partial charge in [0.2, 0.25) is 5.91 Å². The Kier molecular flexibility index (Phi) is 4.49. The molecule has 5 heteroatoms. The van der Waals surface area contributed by atoms with E-state index < -0.39 is 0 Å². The number of aryl methyl sites for hydroxylation is 1. The summed E-state index contributed by atoms with van der Waals surface area (Å²) in [5, 5.41) is 3.40. The molecule has 0 aliphatic heterocycles. The highest BCUT2D eigenvalue weighted by atomic mass is 32.1. The molecular formula is C15H17FN2OS. The van der Waals surface area contributed by atoms with E-state index >= 15 is 0 Å². The number of nitrogens with zero attached hydrogens (tertiary/aromatic N) is 1. The van der Waals surface area contributed by atoms with Crippen molar-refractivity contribution in [2.75, 3.05) is 5.32 Å². The third-order valence-electron chi connectivity index (χ3n) is 2.75. The molecule has 0 aliphatic rings. The van der Waals surface area contributed by atoms with Crippen molar-refractivity contribution in [1.29, 1.82) is 0 Å². The van der Waals surface area contributed by atoms with Crippen molar-refractivity contribution >= 4 is 22.4 Å². The van der Waals surface area contributed by atoms with E-state index in [2.05, 4.69) is 10.3 Å². The summed E-state index contributed by atoms with van der Waals surface area (Å²) < 4.78 is 12.9. The molecule has 0 radical (unpaired) electrons. The van der Waals surface area contributed by atoms with Crippen LogP contribution in [-0.4, -0.2) is 10.9 Å². The van der Waals surface area contributed by atoms with Gasteiger partial charge in [-0.3, -0.25) is 4.79 Å². The van der Waals surface area contributed by atoms with Crippen LogP contribution in [-0.2, 0) is 4.79 Å². The lowest BCUT2D eigenvalue weighted by Crippen LogP contribution is -2.13. The smallest absolute Gasteiger partial charge is 0.226 e. The van der Waals surface area contributed by atoms with Gasteiger partial charge in [0.25, 0.3) is 0 Å². The number of amides is 1. The Bertz CT molecular complexity index is 605. The summed E-state index contributed by atoms with van der Waals surface area (Å²) in [5.41, 5.74) is 1.64. The van der Waals surface area contributed by atoms with E-state index in [-0.39, 0.29) is 11.7 Å². The predicted molar refractivity (Wildman–Crippen MR) is 80.3 cm³/mol. The van der Waals surface area contributed by atoms with Gasteiger partial charge in [0.05, 0.1) is 5.69 Å². The minimum atomic E-state index is -0.271. The first-order chi connectivity index (χ1) is 9.45. The van der Waals surface area contributed by atoms with Gasteiger partial charge in [0.15, 0.2) is 5.13 Å². The monoisotopic (exact) mass is 292 g/mol. The molecule has 1 N–H and O–H groups in total. The van der Waals surface area contributed by atoms with E-state index in [4.69, 9.17) is 0 Å². The highest BCUT2D eigenvalue weighted by Gasteiger charge is 2.12. The number of aromatic nitrogens is 1. The third-order valence-corrected chi connectivity index (χ3v) is 3.64. The molecule has 0 atom stereocenters. The molecule has 2 rings (SSSR count). The van der Waals surface area contributed by atoms with E-state index in [0.717, 1.165) is 16.1 Å². The zero-order valence-corrected chi connectivity index (χ0v) is 12.6. The summed E-state index contributed by atoms with van der Waals surface area (Å²) in [5.74, 6) is 0.0131. The molecule has 0 fully saturated rings.